The number of aromatic amines is 1. The minimum absolute atomic E-state index is 0.0584. The van der Waals surface area contributed by atoms with Gasteiger partial charge in [-0.2, -0.15) is 5.10 Å². The normalized spacial score (nSPS) is 17.0. The lowest BCUT2D eigenvalue weighted by molar-refractivity contribution is -0.117. The Morgan fingerprint density at radius 3 is 2.76 bits per heavy atom. The van der Waals surface area contributed by atoms with E-state index in [1.807, 2.05) is 30.3 Å². The van der Waals surface area contributed by atoms with E-state index >= 15 is 0 Å². The molecule has 0 unspecified atom stereocenters. The number of hydrogen-bond acceptors (Lipinski definition) is 5. The molecule has 1 aliphatic rings. The highest BCUT2D eigenvalue weighted by Crippen LogP contribution is 2.17. The van der Waals surface area contributed by atoms with Gasteiger partial charge in [-0.05, 0) is 30.8 Å². The minimum atomic E-state index is -0.125. The maximum absolute atomic E-state index is 12.7. The second-order valence-electron chi connectivity index (χ2n) is 7.42. The van der Waals surface area contributed by atoms with Crippen LogP contribution in [0.5, 0.6) is 0 Å². The van der Waals surface area contributed by atoms with Crippen LogP contribution in [0, 0.1) is 0 Å². The summed E-state index contributed by atoms with van der Waals surface area (Å²) in [5.41, 5.74) is 2.53. The molecule has 2 aromatic heterocycles. The number of hydrogen-bond donors (Lipinski definition) is 2. The van der Waals surface area contributed by atoms with Gasteiger partial charge in [0.15, 0.2) is 5.65 Å². The van der Waals surface area contributed by atoms with Crippen LogP contribution in [0.25, 0.3) is 17.1 Å². The van der Waals surface area contributed by atoms with E-state index in [1.165, 1.54) is 0 Å². The van der Waals surface area contributed by atoms with Gasteiger partial charge in [-0.1, -0.05) is 30.3 Å². The van der Waals surface area contributed by atoms with E-state index in [9.17, 15) is 4.79 Å². The van der Waals surface area contributed by atoms with E-state index in [0.717, 1.165) is 49.4 Å². The van der Waals surface area contributed by atoms with E-state index in [2.05, 4.69) is 49.5 Å². The highest BCUT2D eigenvalue weighted by molar-refractivity contribution is 5.94. The van der Waals surface area contributed by atoms with Gasteiger partial charge >= 0.3 is 0 Å². The molecule has 1 aliphatic heterocycles. The van der Waals surface area contributed by atoms with Crippen LogP contribution in [0.3, 0.4) is 0 Å². The highest BCUT2D eigenvalue weighted by atomic mass is 16.1. The molecule has 0 saturated carbocycles. The third kappa shape index (κ3) is 4.88. The van der Waals surface area contributed by atoms with E-state index in [1.54, 1.807) is 18.3 Å². The number of amides is 1. The lowest BCUT2D eigenvalue weighted by Crippen LogP contribution is -2.47. The summed E-state index contributed by atoms with van der Waals surface area (Å²) in [6.45, 7) is 4.93. The zero-order valence-electron chi connectivity index (χ0n) is 16.6. The number of piperazine rings is 1. The number of benzene rings is 1. The molecule has 0 spiro atoms. The molecule has 3 aromatic rings. The van der Waals surface area contributed by atoms with Crippen LogP contribution in [0.15, 0.2) is 54.7 Å². The van der Waals surface area contributed by atoms with Crippen molar-refractivity contribution in [3.05, 3.63) is 66.0 Å². The van der Waals surface area contributed by atoms with Gasteiger partial charge < -0.3 is 10.2 Å². The molecule has 1 amide bonds. The first-order chi connectivity index (χ1) is 14.2. The minimum Gasteiger partial charge on any atom is -0.344 e. The second kappa shape index (κ2) is 8.98. The maximum atomic E-state index is 12.7. The molecule has 2 N–H and O–H groups in total. The van der Waals surface area contributed by atoms with Crippen LogP contribution >= 0.6 is 0 Å². The van der Waals surface area contributed by atoms with Crippen LogP contribution < -0.4 is 5.32 Å². The number of rotatable bonds is 6. The molecular formula is C22H26N6O. The molecule has 4 rings (SSSR count). The van der Waals surface area contributed by atoms with Crippen molar-refractivity contribution in [2.45, 2.75) is 6.04 Å². The van der Waals surface area contributed by atoms with Crippen molar-refractivity contribution >= 4 is 23.0 Å². The summed E-state index contributed by atoms with van der Waals surface area (Å²) in [6.07, 6.45) is 5.01. The summed E-state index contributed by atoms with van der Waals surface area (Å²) in [5, 5.41) is 11.2. The van der Waals surface area contributed by atoms with Crippen LogP contribution in [-0.2, 0) is 4.79 Å². The van der Waals surface area contributed by atoms with Crippen molar-refractivity contribution in [3.63, 3.8) is 0 Å². The fourth-order valence-corrected chi connectivity index (χ4v) is 3.58. The molecule has 0 bridgehead atoms. The Kier molecular flexibility index (Phi) is 5.97. The number of carbonyl (C=O) groups excluding carboxylic acids is 1. The lowest BCUT2D eigenvalue weighted by atomic mass is 10.1. The van der Waals surface area contributed by atoms with Gasteiger partial charge in [0.05, 0.1) is 11.7 Å². The number of fused-ring (bicyclic) bond motifs is 1. The average Bonchev–Trinajstić information content (AvgIpc) is 3.17. The van der Waals surface area contributed by atoms with Gasteiger partial charge in [0.1, 0.15) is 0 Å². The second-order valence-corrected chi connectivity index (χ2v) is 7.42. The standard InChI is InChI=1S/C22H26N6O/c1-27-12-14-28(15-13-27)16-20(17-6-3-2-4-7-17)24-21(29)10-9-19-18-8-5-11-23-22(18)26-25-19/h2-11,20H,12-16H2,1H3,(H,24,29)(H,23,25,26)/b10-9+/t20-/m1/s1. The zero-order chi connectivity index (χ0) is 20.1. The summed E-state index contributed by atoms with van der Waals surface area (Å²) in [7, 11) is 2.15. The zero-order valence-corrected chi connectivity index (χ0v) is 16.6. The molecule has 1 fully saturated rings. The Hall–Kier alpha value is -3.03. The summed E-state index contributed by atoms with van der Waals surface area (Å²) >= 11 is 0. The van der Waals surface area contributed by atoms with Crippen molar-refractivity contribution in [1.82, 2.24) is 30.3 Å². The van der Waals surface area contributed by atoms with E-state index in [4.69, 9.17) is 0 Å². The van der Waals surface area contributed by atoms with Crippen molar-refractivity contribution in [3.8, 4) is 0 Å². The van der Waals surface area contributed by atoms with Gasteiger partial charge in [0.25, 0.3) is 0 Å². The first kappa shape index (κ1) is 19.3. The first-order valence-corrected chi connectivity index (χ1v) is 9.92. The molecule has 3 heterocycles. The number of likely N-dealkylation sites (N-methyl/N-ethyl adjacent to an activating group) is 1. The number of aromatic nitrogens is 3. The maximum Gasteiger partial charge on any atom is 0.244 e. The van der Waals surface area contributed by atoms with Crippen LogP contribution in [0.4, 0.5) is 0 Å². The Morgan fingerprint density at radius 1 is 1.17 bits per heavy atom. The van der Waals surface area contributed by atoms with Crippen LogP contribution in [0.2, 0.25) is 0 Å². The SMILES string of the molecule is CN1CCN(C[C@@H](NC(=O)/C=C/c2[nH]nc3ncccc23)c2ccccc2)CC1. The topological polar surface area (TPSA) is 77.1 Å². The lowest BCUT2D eigenvalue weighted by Gasteiger charge is -2.34. The largest absolute Gasteiger partial charge is 0.344 e. The van der Waals surface area contributed by atoms with E-state index < -0.39 is 0 Å². The summed E-state index contributed by atoms with van der Waals surface area (Å²) in [4.78, 5) is 21.6. The van der Waals surface area contributed by atoms with Gasteiger partial charge in [-0.3, -0.25) is 14.8 Å². The van der Waals surface area contributed by atoms with Crippen molar-refractivity contribution in [1.29, 1.82) is 0 Å². The predicted octanol–water partition coefficient (Wildman–Crippen LogP) is 2.08. The molecule has 0 radical (unpaired) electrons. The number of nitrogens with zero attached hydrogens (tertiary/aromatic N) is 4. The van der Waals surface area contributed by atoms with Crippen LogP contribution in [0.1, 0.15) is 17.3 Å². The van der Waals surface area contributed by atoms with Gasteiger partial charge in [-0.15, -0.1) is 0 Å². The summed E-state index contributed by atoms with van der Waals surface area (Å²) in [5.74, 6) is -0.125. The molecule has 150 valence electrons. The van der Waals surface area contributed by atoms with Crippen molar-refractivity contribution < 1.29 is 4.79 Å². The molecule has 1 atom stereocenters. The van der Waals surface area contributed by atoms with Gasteiger partial charge in [-0.25, -0.2) is 4.98 Å². The molecule has 0 aliphatic carbocycles. The van der Waals surface area contributed by atoms with E-state index in [0.29, 0.717) is 5.65 Å². The average molecular weight is 390 g/mol. The predicted molar refractivity (Wildman–Crippen MR) is 114 cm³/mol. The third-order valence-electron chi connectivity index (χ3n) is 5.32. The Bertz CT molecular complexity index is 975. The Morgan fingerprint density at radius 2 is 1.97 bits per heavy atom. The highest BCUT2D eigenvalue weighted by Gasteiger charge is 2.20. The van der Waals surface area contributed by atoms with Gasteiger partial charge in [0.2, 0.25) is 5.91 Å². The molecule has 1 saturated heterocycles. The van der Waals surface area contributed by atoms with Crippen molar-refractivity contribution in [2.75, 3.05) is 39.8 Å². The number of pyridine rings is 1. The molecule has 7 nitrogen and oxygen atoms in total. The molecule has 1 aromatic carbocycles. The number of carbonyl (C=O) groups is 1. The summed E-state index contributed by atoms with van der Waals surface area (Å²) in [6, 6.07) is 13.9. The molecular weight excluding hydrogens is 364 g/mol. The number of H-pyrrole nitrogens is 1. The molecule has 29 heavy (non-hydrogen) atoms. The van der Waals surface area contributed by atoms with E-state index in [-0.39, 0.29) is 11.9 Å². The fourth-order valence-electron chi connectivity index (χ4n) is 3.58. The Balaban J connectivity index is 1.45. The first-order valence-electron chi connectivity index (χ1n) is 9.92. The van der Waals surface area contributed by atoms with Crippen LogP contribution in [-0.4, -0.2) is 70.7 Å². The molecule has 7 heteroatoms. The quantitative estimate of drug-likeness (QED) is 0.630. The fraction of sp³-hybridized carbons (Fsp3) is 0.318. The van der Waals surface area contributed by atoms with Gasteiger partial charge in [0, 0.05) is 50.4 Å². The Labute approximate surface area is 170 Å². The summed E-state index contributed by atoms with van der Waals surface area (Å²) < 4.78 is 0. The monoisotopic (exact) mass is 390 g/mol. The third-order valence-corrected chi connectivity index (χ3v) is 5.32. The number of nitrogens with one attached hydrogen (secondary N) is 2. The van der Waals surface area contributed by atoms with Crippen molar-refractivity contribution in [2.24, 2.45) is 0 Å². The smallest absolute Gasteiger partial charge is 0.244 e.